The van der Waals surface area contributed by atoms with Crippen molar-refractivity contribution in [2.75, 3.05) is 13.2 Å². The Balaban J connectivity index is 1.82. The second-order valence-electron chi connectivity index (χ2n) is 7.43. The Morgan fingerprint density at radius 3 is 2.43 bits per heavy atom. The third-order valence-electron chi connectivity index (χ3n) is 5.42. The number of fused-ring (bicyclic) bond motifs is 2. The molecule has 2 saturated carbocycles. The fraction of sp³-hybridized carbons (Fsp3) is 0.526. The molecule has 0 amide bonds. The summed E-state index contributed by atoms with van der Waals surface area (Å²) in [6.07, 6.45) is -3.37. The van der Waals surface area contributed by atoms with Crippen molar-refractivity contribution in [1.29, 1.82) is 0 Å². The van der Waals surface area contributed by atoms with Gasteiger partial charge in [-0.1, -0.05) is 0 Å². The van der Waals surface area contributed by atoms with Crippen molar-refractivity contribution in [3.05, 3.63) is 28.5 Å². The number of Topliss-reactive ketones (excluding diaryl/α,β-unsaturated/α-hetero) is 2. The number of ketones is 2. The Labute approximate surface area is 158 Å². The average molecular weight is 397 g/mol. The van der Waals surface area contributed by atoms with Gasteiger partial charge in [-0.3, -0.25) is 9.59 Å². The lowest BCUT2D eigenvalue weighted by molar-refractivity contribution is -0.141. The van der Waals surface area contributed by atoms with Crippen LogP contribution in [0.5, 0.6) is 5.88 Å². The molecule has 28 heavy (non-hydrogen) atoms. The molecule has 150 valence electrons. The highest BCUT2D eigenvalue weighted by molar-refractivity contribution is 6.27. The molecule has 4 rings (SSSR count). The molecular weight excluding hydrogens is 379 g/mol. The summed E-state index contributed by atoms with van der Waals surface area (Å²) in [4.78, 5) is 28.8. The van der Waals surface area contributed by atoms with Gasteiger partial charge in [-0.25, -0.2) is 4.98 Å². The molecule has 3 aliphatic rings. The zero-order chi connectivity index (χ0) is 20.2. The van der Waals surface area contributed by atoms with Gasteiger partial charge in [0, 0.05) is 11.8 Å². The van der Waals surface area contributed by atoms with Crippen LogP contribution in [0.4, 0.5) is 13.2 Å². The van der Waals surface area contributed by atoms with Gasteiger partial charge >= 0.3 is 6.18 Å². The minimum Gasteiger partial charge on any atom is -0.506 e. The van der Waals surface area contributed by atoms with Gasteiger partial charge in [-0.2, -0.15) is 13.2 Å². The number of halogens is 3. The van der Waals surface area contributed by atoms with E-state index in [9.17, 15) is 27.9 Å². The molecule has 2 bridgehead atoms. The van der Waals surface area contributed by atoms with Crippen molar-refractivity contribution < 1.29 is 37.3 Å². The van der Waals surface area contributed by atoms with Gasteiger partial charge in [0.25, 0.3) is 0 Å². The number of aryl methyl sites for hydroxylation is 1. The van der Waals surface area contributed by atoms with Gasteiger partial charge in [0.05, 0.1) is 12.2 Å². The summed E-state index contributed by atoms with van der Waals surface area (Å²) in [5, 5.41) is 10.8. The molecule has 1 aliphatic heterocycles. The molecule has 2 heterocycles. The first kappa shape index (κ1) is 18.9. The number of epoxide rings is 1. The van der Waals surface area contributed by atoms with E-state index in [1.165, 1.54) is 6.92 Å². The maximum absolute atomic E-state index is 13.2. The van der Waals surface area contributed by atoms with Crippen LogP contribution in [0.1, 0.15) is 36.1 Å². The van der Waals surface area contributed by atoms with E-state index in [4.69, 9.17) is 9.47 Å². The highest BCUT2D eigenvalue weighted by Crippen LogP contribution is 2.43. The Morgan fingerprint density at radius 1 is 1.29 bits per heavy atom. The maximum Gasteiger partial charge on any atom is 0.433 e. The van der Waals surface area contributed by atoms with E-state index in [-0.39, 0.29) is 41.2 Å². The SMILES string of the molecule is Cc1cc(C(F)(F)F)nc(OCC2CO2)c1C(O)=C1C(=O)C2CCC(C2)C1=O. The molecule has 3 unspecified atom stereocenters. The third-order valence-corrected chi connectivity index (χ3v) is 5.42. The molecular formula is C19H18F3NO5. The average Bonchev–Trinajstić information content (AvgIpc) is 3.33. The molecule has 2 aliphatic carbocycles. The van der Waals surface area contributed by atoms with Crippen molar-refractivity contribution in [2.45, 2.75) is 38.5 Å². The normalized spacial score (nSPS) is 26.6. The van der Waals surface area contributed by atoms with E-state index in [0.29, 0.717) is 25.9 Å². The molecule has 0 radical (unpaired) electrons. The van der Waals surface area contributed by atoms with Crippen molar-refractivity contribution in [2.24, 2.45) is 11.8 Å². The topological polar surface area (TPSA) is 89.0 Å². The van der Waals surface area contributed by atoms with E-state index < -0.39 is 35.1 Å². The molecule has 3 fully saturated rings. The molecule has 1 saturated heterocycles. The Hall–Kier alpha value is -2.42. The van der Waals surface area contributed by atoms with Crippen LogP contribution in [0.3, 0.4) is 0 Å². The number of hydrogen-bond acceptors (Lipinski definition) is 6. The van der Waals surface area contributed by atoms with E-state index in [0.717, 1.165) is 6.07 Å². The van der Waals surface area contributed by atoms with Crippen molar-refractivity contribution in [3.8, 4) is 5.88 Å². The van der Waals surface area contributed by atoms with Gasteiger partial charge in [0.2, 0.25) is 5.88 Å². The summed E-state index contributed by atoms with van der Waals surface area (Å²) >= 11 is 0. The first-order chi connectivity index (χ1) is 13.2. The summed E-state index contributed by atoms with van der Waals surface area (Å²) in [5.41, 5.74) is -1.68. The molecule has 9 heteroatoms. The smallest absolute Gasteiger partial charge is 0.433 e. The Bertz CT molecular complexity index is 864. The van der Waals surface area contributed by atoms with Gasteiger partial charge in [-0.05, 0) is 37.8 Å². The van der Waals surface area contributed by atoms with Crippen LogP contribution in [-0.4, -0.2) is 41.0 Å². The molecule has 0 spiro atoms. The standard InChI is InChI=1S/C19H18F3NO5/c1-8-4-12(19(20,21)22)23-18(28-7-11-6-27-11)13(8)17(26)14-15(24)9-2-3-10(5-9)16(14)25/h4,9-11,26H,2-3,5-7H2,1H3. The number of allylic oxidation sites excluding steroid dienone is 1. The number of aliphatic hydroxyl groups is 1. The first-order valence-electron chi connectivity index (χ1n) is 9.02. The summed E-state index contributed by atoms with van der Waals surface area (Å²) in [7, 11) is 0. The van der Waals surface area contributed by atoms with Crippen molar-refractivity contribution >= 4 is 17.3 Å². The fourth-order valence-corrected chi connectivity index (χ4v) is 3.86. The molecule has 1 N–H and O–H groups in total. The maximum atomic E-state index is 13.2. The monoisotopic (exact) mass is 397 g/mol. The summed E-state index contributed by atoms with van der Waals surface area (Å²) in [6.45, 7) is 1.72. The highest BCUT2D eigenvalue weighted by atomic mass is 19.4. The number of nitrogens with zero attached hydrogens (tertiary/aromatic N) is 1. The molecule has 0 aromatic carbocycles. The minimum atomic E-state index is -4.71. The number of alkyl halides is 3. The van der Waals surface area contributed by atoms with Crippen molar-refractivity contribution in [1.82, 2.24) is 4.98 Å². The van der Waals surface area contributed by atoms with E-state index >= 15 is 0 Å². The van der Waals surface area contributed by atoms with Crippen LogP contribution in [0.2, 0.25) is 0 Å². The molecule has 6 nitrogen and oxygen atoms in total. The lowest BCUT2D eigenvalue weighted by atomic mass is 9.81. The number of carbonyl (C=O) groups is 2. The van der Waals surface area contributed by atoms with E-state index in [1.807, 2.05) is 0 Å². The zero-order valence-electron chi connectivity index (χ0n) is 15.0. The summed E-state index contributed by atoms with van der Waals surface area (Å²) < 4.78 is 49.8. The lowest BCUT2D eigenvalue weighted by Gasteiger charge is -2.22. The molecule has 3 atom stereocenters. The summed E-state index contributed by atoms with van der Waals surface area (Å²) in [6, 6.07) is 0.763. The van der Waals surface area contributed by atoms with Crippen LogP contribution >= 0.6 is 0 Å². The van der Waals surface area contributed by atoms with Crippen LogP contribution in [0.15, 0.2) is 11.6 Å². The van der Waals surface area contributed by atoms with Crippen LogP contribution in [0.25, 0.3) is 5.76 Å². The van der Waals surface area contributed by atoms with Crippen molar-refractivity contribution in [3.63, 3.8) is 0 Å². The zero-order valence-corrected chi connectivity index (χ0v) is 15.0. The van der Waals surface area contributed by atoms with Gasteiger partial charge < -0.3 is 14.6 Å². The quantitative estimate of drug-likeness (QED) is 0.364. The van der Waals surface area contributed by atoms with E-state index in [2.05, 4.69) is 4.98 Å². The number of carbonyl (C=O) groups excluding carboxylic acids is 2. The number of rotatable bonds is 4. The predicted molar refractivity (Wildman–Crippen MR) is 89.6 cm³/mol. The van der Waals surface area contributed by atoms with Crippen LogP contribution in [-0.2, 0) is 20.5 Å². The predicted octanol–water partition coefficient (Wildman–Crippen LogP) is 3.02. The molecule has 1 aromatic heterocycles. The second-order valence-corrected chi connectivity index (χ2v) is 7.43. The highest BCUT2D eigenvalue weighted by Gasteiger charge is 2.46. The largest absolute Gasteiger partial charge is 0.506 e. The second kappa shape index (κ2) is 6.58. The number of aromatic nitrogens is 1. The minimum absolute atomic E-state index is 0.0116. The Morgan fingerprint density at radius 2 is 1.89 bits per heavy atom. The van der Waals surface area contributed by atoms with Crippen LogP contribution < -0.4 is 4.74 Å². The van der Waals surface area contributed by atoms with Gasteiger partial charge in [0.1, 0.15) is 29.7 Å². The Kier molecular flexibility index (Phi) is 4.45. The lowest BCUT2D eigenvalue weighted by Crippen LogP contribution is -2.30. The number of ether oxygens (including phenoxy) is 2. The number of aliphatic hydroxyl groups excluding tert-OH is 1. The first-order valence-corrected chi connectivity index (χ1v) is 9.02. The fourth-order valence-electron chi connectivity index (χ4n) is 3.86. The van der Waals surface area contributed by atoms with Gasteiger partial charge in [0.15, 0.2) is 11.6 Å². The number of hydrogen-bond donors (Lipinski definition) is 1. The molecule has 1 aromatic rings. The number of pyridine rings is 1. The third kappa shape index (κ3) is 3.28. The van der Waals surface area contributed by atoms with E-state index in [1.54, 1.807) is 0 Å². The van der Waals surface area contributed by atoms with Gasteiger partial charge in [-0.15, -0.1) is 0 Å². The summed E-state index contributed by atoms with van der Waals surface area (Å²) in [5.74, 6) is -2.74. The van der Waals surface area contributed by atoms with Crippen LogP contribution in [0, 0.1) is 18.8 Å².